The van der Waals surface area contributed by atoms with Crippen LogP contribution in [0.3, 0.4) is 0 Å². The van der Waals surface area contributed by atoms with Crippen molar-refractivity contribution < 1.29 is 19.1 Å². The van der Waals surface area contributed by atoms with Crippen molar-refractivity contribution in [3.05, 3.63) is 59.7 Å². The molecular formula is C40H64N2O4. The summed E-state index contributed by atoms with van der Waals surface area (Å²) in [6.07, 6.45) is 20.4. The second-order valence-electron chi connectivity index (χ2n) is 13.1. The molecule has 0 saturated heterocycles. The Morgan fingerprint density at radius 2 is 0.826 bits per heavy atom. The Labute approximate surface area is 281 Å². The Bertz CT molecular complexity index is 1000. The molecular weight excluding hydrogens is 572 g/mol. The molecule has 46 heavy (non-hydrogen) atoms. The zero-order chi connectivity index (χ0) is 33.2. The molecule has 2 aromatic carbocycles. The van der Waals surface area contributed by atoms with E-state index in [4.69, 9.17) is 9.47 Å². The molecule has 0 aliphatic carbocycles. The molecule has 2 aromatic rings. The molecule has 0 aromatic heterocycles. The van der Waals surface area contributed by atoms with Crippen LogP contribution in [0, 0.1) is 0 Å². The molecule has 0 N–H and O–H groups in total. The number of hydrogen-bond donors (Lipinski definition) is 0. The van der Waals surface area contributed by atoms with Crippen molar-refractivity contribution in [1.82, 2.24) is 9.80 Å². The number of rotatable bonds is 27. The van der Waals surface area contributed by atoms with Crippen LogP contribution in [-0.4, -0.2) is 62.0 Å². The van der Waals surface area contributed by atoms with Gasteiger partial charge in [0.2, 0.25) is 0 Å². The molecule has 0 atom stereocenters. The maximum Gasteiger partial charge on any atom is 0.320 e. The molecule has 0 saturated carbocycles. The van der Waals surface area contributed by atoms with Crippen molar-refractivity contribution in [1.29, 1.82) is 0 Å². The largest absolute Gasteiger partial charge is 0.460 e. The monoisotopic (exact) mass is 636 g/mol. The van der Waals surface area contributed by atoms with Crippen LogP contribution in [0.2, 0.25) is 0 Å². The highest BCUT2D eigenvalue weighted by Crippen LogP contribution is 2.28. The summed E-state index contributed by atoms with van der Waals surface area (Å²) < 4.78 is 11.4. The standard InChI is InChI=1S/C40H64N2O4/c1-5-7-9-11-13-15-17-23-29-41(3)31-39(43)45-33-35-25-19-21-27-37(35)38-28-22-20-26-36(38)34-46-40(44)32-42(4)30-24-18-16-14-12-10-8-6-2/h19-22,25-28H,5-18,23-24,29-34H2,1-4H3. The lowest BCUT2D eigenvalue weighted by Crippen LogP contribution is -2.28. The lowest BCUT2D eigenvalue weighted by atomic mass is 9.96. The molecule has 0 fully saturated rings. The summed E-state index contributed by atoms with van der Waals surface area (Å²) in [4.78, 5) is 29.4. The van der Waals surface area contributed by atoms with E-state index in [0.29, 0.717) is 13.1 Å². The van der Waals surface area contributed by atoms with E-state index < -0.39 is 0 Å². The van der Waals surface area contributed by atoms with Gasteiger partial charge in [0.1, 0.15) is 13.2 Å². The first-order valence-corrected chi connectivity index (χ1v) is 18.3. The van der Waals surface area contributed by atoms with Crippen molar-refractivity contribution in [2.24, 2.45) is 0 Å². The predicted molar refractivity (Wildman–Crippen MR) is 192 cm³/mol. The van der Waals surface area contributed by atoms with E-state index in [2.05, 4.69) is 23.6 Å². The second-order valence-corrected chi connectivity index (χ2v) is 13.1. The number of hydrogen-bond acceptors (Lipinski definition) is 6. The van der Waals surface area contributed by atoms with Gasteiger partial charge in [0.15, 0.2) is 0 Å². The fraction of sp³-hybridized carbons (Fsp3) is 0.650. The molecule has 0 amide bonds. The van der Waals surface area contributed by atoms with Crippen LogP contribution in [-0.2, 0) is 32.3 Å². The summed E-state index contributed by atoms with van der Waals surface area (Å²) in [7, 11) is 3.98. The van der Waals surface area contributed by atoms with Crippen molar-refractivity contribution in [2.45, 2.75) is 130 Å². The molecule has 0 aliphatic heterocycles. The number of likely N-dealkylation sites (N-methyl/N-ethyl adjacent to an activating group) is 2. The third-order valence-electron chi connectivity index (χ3n) is 8.69. The quantitative estimate of drug-likeness (QED) is 0.0719. The summed E-state index contributed by atoms with van der Waals surface area (Å²) >= 11 is 0. The van der Waals surface area contributed by atoms with E-state index in [9.17, 15) is 9.59 Å². The fourth-order valence-electron chi connectivity index (χ4n) is 5.86. The van der Waals surface area contributed by atoms with E-state index in [-0.39, 0.29) is 25.2 Å². The molecule has 0 unspecified atom stereocenters. The van der Waals surface area contributed by atoms with Crippen LogP contribution in [0.5, 0.6) is 0 Å². The highest BCUT2D eigenvalue weighted by Gasteiger charge is 2.14. The van der Waals surface area contributed by atoms with Crippen molar-refractivity contribution in [3.63, 3.8) is 0 Å². The van der Waals surface area contributed by atoms with E-state index in [0.717, 1.165) is 48.2 Å². The van der Waals surface area contributed by atoms with Gasteiger partial charge in [-0.1, -0.05) is 152 Å². The molecule has 0 bridgehead atoms. The minimum Gasteiger partial charge on any atom is -0.460 e. The van der Waals surface area contributed by atoms with Gasteiger partial charge in [0, 0.05) is 0 Å². The Morgan fingerprint density at radius 3 is 1.20 bits per heavy atom. The Hall–Kier alpha value is -2.70. The first-order chi connectivity index (χ1) is 22.4. The van der Waals surface area contributed by atoms with Gasteiger partial charge in [0.25, 0.3) is 0 Å². The summed E-state index contributed by atoms with van der Waals surface area (Å²) in [6, 6.07) is 16.0. The molecule has 0 aliphatic rings. The summed E-state index contributed by atoms with van der Waals surface area (Å²) in [5.74, 6) is -0.426. The SMILES string of the molecule is CCCCCCCCCCN(C)CC(=O)OCc1ccccc1-c1ccccc1COC(=O)CN(C)CCCCCCCCCC. The van der Waals surface area contributed by atoms with Gasteiger partial charge in [0.05, 0.1) is 13.1 Å². The van der Waals surface area contributed by atoms with Gasteiger partial charge in [-0.15, -0.1) is 0 Å². The van der Waals surface area contributed by atoms with Crippen LogP contribution >= 0.6 is 0 Å². The lowest BCUT2D eigenvalue weighted by Gasteiger charge is -2.18. The average Bonchev–Trinajstić information content (AvgIpc) is 3.05. The minimum atomic E-state index is -0.213. The highest BCUT2D eigenvalue weighted by atomic mass is 16.5. The van der Waals surface area contributed by atoms with Crippen molar-refractivity contribution in [3.8, 4) is 11.1 Å². The van der Waals surface area contributed by atoms with Gasteiger partial charge in [-0.3, -0.25) is 19.4 Å². The fourth-order valence-corrected chi connectivity index (χ4v) is 5.86. The Kier molecular flexibility index (Phi) is 21.8. The van der Waals surface area contributed by atoms with Gasteiger partial charge in [-0.05, 0) is 62.3 Å². The smallest absolute Gasteiger partial charge is 0.320 e. The lowest BCUT2D eigenvalue weighted by molar-refractivity contribution is -0.146. The third kappa shape index (κ3) is 17.9. The van der Waals surface area contributed by atoms with Crippen LogP contribution < -0.4 is 0 Å². The number of ether oxygens (including phenoxy) is 2. The summed E-state index contributed by atoms with van der Waals surface area (Å²) in [5, 5.41) is 0. The molecule has 6 heteroatoms. The number of carbonyl (C=O) groups is 2. The number of benzene rings is 2. The molecule has 0 spiro atoms. The van der Waals surface area contributed by atoms with E-state index >= 15 is 0 Å². The zero-order valence-electron chi connectivity index (χ0n) is 29.7. The number of esters is 2. The maximum atomic E-state index is 12.7. The van der Waals surface area contributed by atoms with Crippen LogP contribution in [0.15, 0.2) is 48.5 Å². The predicted octanol–water partition coefficient (Wildman–Crippen LogP) is 9.59. The van der Waals surface area contributed by atoms with Crippen LogP contribution in [0.4, 0.5) is 0 Å². The van der Waals surface area contributed by atoms with Crippen LogP contribution in [0.25, 0.3) is 11.1 Å². The molecule has 0 heterocycles. The first kappa shape index (κ1) is 39.5. The highest BCUT2D eigenvalue weighted by molar-refractivity contribution is 5.74. The van der Waals surface area contributed by atoms with Gasteiger partial charge >= 0.3 is 11.9 Å². The Morgan fingerprint density at radius 1 is 0.500 bits per heavy atom. The number of carbonyl (C=O) groups excluding carboxylic acids is 2. The summed E-state index contributed by atoms with van der Waals surface area (Å²) in [6.45, 7) is 7.30. The molecule has 6 nitrogen and oxygen atoms in total. The van der Waals surface area contributed by atoms with Gasteiger partial charge in [-0.25, -0.2) is 0 Å². The average molecular weight is 637 g/mol. The summed E-state index contributed by atoms with van der Waals surface area (Å²) in [5.41, 5.74) is 3.85. The minimum absolute atomic E-state index is 0.207. The van der Waals surface area contributed by atoms with Crippen molar-refractivity contribution in [2.75, 3.05) is 40.3 Å². The van der Waals surface area contributed by atoms with Gasteiger partial charge < -0.3 is 9.47 Å². The van der Waals surface area contributed by atoms with E-state index in [1.54, 1.807) is 0 Å². The van der Waals surface area contributed by atoms with E-state index in [1.807, 2.05) is 62.6 Å². The number of unbranched alkanes of at least 4 members (excludes halogenated alkanes) is 14. The third-order valence-corrected chi connectivity index (χ3v) is 8.69. The van der Waals surface area contributed by atoms with E-state index in [1.165, 1.54) is 89.9 Å². The maximum absolute atomic E-state index is 12.7. The Balaban J connectivity index is 1.77. The topological polar surface area (TPSA) is 59.1 Å². The first-order valence-electron chi connectivity index (χ1n) is 18.3. The zero-order valence-corrected chi connectivity index (χ0v) is 29.7. The van der Waals surface area contributed by atoms with Crippen molar-refractivity contribution >= 4 is 11.9 Å². The number of nitrogens with zero attached hydrogens (tertiary/aromatic N) is 2. The molecule has 2 rings (SSSR count). The molecule has 258 valence electrons. The second kappa shape index (κ2) is 25.4. The molecule has 0 radical (unpaired) electrons. The van der Waals surface area contributed by atoms with Gasteiger partial charge in [-0.2, -0.15) is 0 Å². The van der Waals surface area contributed by atoms with Crippen LogP contribution in [0.1, 0.15) is 128 Å². The normalized spacial score (nSPS) is 11.3.